The molecule has 2 atom stereocenters. The largest absolute Gasteiger partial charge is 0.490 e. The van der Waals surface area contributed by atoms with Crippen LogP contribution >= 0.6 is 0 Å². The van der Waals surface area contributed by atoms with Crippen LogP contribution in [0.2, 0.25) is 0 Å². The Labute approximate surface area is 116 Å². The van der Waals surface area contributed by atoms with Crippen molar-refractivity contribution in [2.24, 2.45) is 0 Å². The molecule has 1 rings (SSSR count). The molecule has 2 N–H and O–H groups in total. The molecule has 19 heavy (non-hydrogen) atoms. The zero-order chi connectivity index (χ0) is 14.3. The zero-order valence-electron chi connectivity index (χ0n) is 11.9. The van der Waals surface area contributed by atoms with Gasteiger partial charge in [-0.15, -0.1) is 0 Å². The van der Waals surface area contributed by atoms with Crippen LogP contribution in [-0.4, -0.2) is 45.9 Å². The summed E-state index contributed by atoms with van der Waals surface area (Å²) in [5.74, 6) is 1.88. The molecule has 0 bridgehead atoms. The molecule has 0 aliphatic carbocycles. The highest BCUT2D eigenvalue weighted by Gasteiger charge is 2.13. The summed E-state index contributed by atoms with van der Waals surface area (Å²) in [6.45, 7) is 5.40. The lowest BCUT2D eigenvalue weighted by Gasteiger charge is -2.15. The molecular weight excluding hydrogens is 264 g/mol. The van der Waals surface area contributed by atoms with Crippen LogP contribution in [0.4, 0.5) is 11.6 Å². The number of rotatable bonds is 8. The second-order valence-electron chi connectivity index (χ2n) is 4.22. The fourth-order valence-corrected chi connectivity index (χ4v) is 1.74. The molecule has 7 heteroatoms. The lowest BCUT2D eigenvalue weighted by atomic mass is 10.4. The molecule has 108 valence electrons. The van der Waals surface area contributed by atoms with E-state index in [0.29, 0.717) is 23.9 Å². The molecule has 1 aromatic heterocycles. The fraction of sp³-hybridized carbons (Fsp3) is 0.667. The molecule has 0 aliphatic rings. The highest BCUT2D eigenvalue weighted by molar-refractivity contribution is 7.84. The van der Waals surface area contributed by atoms with E-state index in [2.05, 4.69) is 27.5 Å². The average molecular weight is 286 g/mol. The van der Waals surface area contributed by atoms with E-state index in [-0.39, 0.29) is 5.25 Å². The standard InChI is InChI=1S/C12H22N4O2S/c1-5-6-13-11-10(18-3)12(16-8-15-11)14-7-9(2)19(4)17/h8-9H,5-7H2,1-4H3,(H2,13,14,15,16). The van der Waals surface area contributed by atoms with Crippen LogP contribution in [0, 0.1) is 0 Å². The molecule has 6 nitrogen and oxygen atoms in total. The van der Waals surface area contributed by atoms with E-state index in [4.69, 9.17) is 4.74 Å². The first kappa shape index (κ1) is 15.7. The van der Waals surface area contributed by atoms with Gasteiger partial charge in [-0.2, -0.15) is 0 Å². The van der Waals surface area contributed by atoms with Gasteiger partial charge in [0.15, 0.2) is 11.6 Å². The number of hydrogen-bond acceptors (Lipinski definition) is 6. The minimum Gasteiger partial charge on any atom is -0.490 e. The highest BCUT2D eigenvalue weighted by Crippen LogP contribution is 2.28. The fourth-order valence-electron chi connectivity index (χ4n) is 1.42. The Morgan fingerprint density at radius 2 is 2.00 bits per heavy atom. The predicted molar refractivity (Wildman–Crippen MR) is 79.4 cm³/mol. The van der Waals surface area contributed by atoms with Crippen LogP contribution < -0.4 is 15.4 Å². The van der Waals surface area contributed by atoms with E-state index in [1.807, 2.05) is 6.92 Å². The van der Waals surface area contributed by atoms with Crippen molar-refractivity contribution >= 4 is 22.4 Å². The maximum atomic E-state index is 11.3. The van der Waals surface area contributed by atoms with Crippen LogP contribution in [0.5, 0.6) is 5.75 Å². The molecule has 0 fully saturated rings. The van der Waals surface area contributed by atoms with Crippen LogP contribution in [0.15, 0.2) is 6.33 Å². The highest BCUT2D eigenvalue weighted by atomic mass is 32.2. The van der Waals surface area contributed by atoms with Gasteiger partial charge in [0.1, 0.15) is 6.33 Å². The van der Waals surface area contributed by atoms with Gasteiger partial charge in [0.2, 0.25) is 5.75 Å². The maximum Gasteiger partial charge on any atom is 0.204 e. The first-order chi connectivity index (χ1) is 9.10. The van der Waals surface area contributed by atoms with Gasteiger partial charge in [-0.1, -0.05) is 6.92 Å². The Hall–Kier alpha value is -1.37. The molecule has 0 radical (unpaired) electrons. The lowest BCUT2D eigenvalue weighted by molar-refractivity contribution is 0.414. The van der Waals surface area contributed by atoms with Gasteiger partial charge < -0.3 is 15.4 Å². The Morgan fingerprint density at radius 1 is 1.37 bits per heavy atom. The number of nitrogens with one attached hydrogen (secondary N) is 2. The number of ether oxygens (including phenoxy) is 1. The number of aromatic nitrogens is 2. The normalized spacial score (nSPS) is 13.7. The van der Waals surface area contributed by atoms with Gasteiger partial charge in [0, 0.05) is 35.4 Å². The summed E-state index contributed by atoms with van der Waals surface area (Å²) < 4.78 is 16.7. The summed E-state index contributed by atoms with van der Waals surface area (Å²) in [5.41, 5.74) is 0. The zero-order valence-corrected chi connectivity index (χ0v) is 12.7. The van der Waals surface area contributed by atoms with E-state index < -0.39 is 10.8 Å². The van der Waals surface area contributed by atoms with Gasteiger partial charge in [-0.3, -0.25) is 4.21 Å². The molecule has 1 aromatic rings. The van der Waals surface area contributed by atoms with Crippen molar-refractivity contribution in [3.8, 4) is 5.75 Å². The van der Waals surface area contributed by atoms with Gasteiger partial charge in [0.25, 0.3) is 0 Å². The molecular formula is C12H22N4O2S. The van der Waals surface area contributed by atoms with Crippen molar-refractivity contribution in [1.29, 1.82) is 0 Å². The molecule has 0 spiro atoms. The van der Waals surface area contributed by atoms with E-state index in [1.165, 1.54) is 6.33 Å². The number of anilines is 2. The third-order valence-corrected chi connectivity index (χ3v) is 3.97. The Kier molecular flexibility index (Phi) is 6.55. The topological polar surface area (TPSA) is 76.1 Å². The maximum absolute atomic E-state index is 11.3. The number of methoxy groups -OCH3 is 1. The number of hydrogen-bond donors (Lipinski definition) is 2. The smallest absolute Gasteiger partial charge is 0.204 e. The van der Waals surface area contributed by atoms with Crippen LogP contribution in [0.3, 0.4) is 0 Å². The second-order valence-corrected chi connectivity index (χ2v) is 6.02. The molecule has 0 saturated carbocycles. The van der Waals surface area contributed by atoms with Gasteiger partial charge in [-0.25, -0.2) is 9.97 Å². The van der Waals surface area contributed by atoms with Crippen molar-refractivity contribution in [2.75, 3.05) is 37.1 Å². The minimum absolute atomic E-state index is 0.0479. The molecule has 0 saturated heterocycles. The molecule has 1 heterocycles. The molecule has 0 amide bonds. The molecule has 2 unspecified atom stereocenters. The van der Waals surface area contributed by atoms with Crippen molar-refractivity contribution in [3.63, 3.8) is 0 Å². The summed E-state index contributed by atoms with van der Waals surface area (Å²) >= 11 is 0. The van der Waals surface area contributed by atoms with Crippen molar-refractivity contribution in [2.45, 2.75) is 25.5 Å². The van der Waals surface area contributed by atoms with E-state index >= 15 is 0 Å². The first-order valence-corrected chi connectivity index (χ1v) is 7.91. The third kappa shape index (κ3) is 4.66. The number of nitrogens with zero attached hydrogens (tertiary/aromatic N) is 2. The molecule has 0 aromatic carbocycles. The quantitative estimate of drug-likeness (QED) is 0.754. The molecule has 0 aliphatic heterocycles. The van der Waals surface area contributed by atoms with Gasteiger partial charge >= 0.3 is 0 Å². The Morgan fingerprint density at radius 3 is 2.53 bits per heavy atom. The van der Waals surface area contributed by atoms with Crippen molar-refractivity contribution in [3.05, 3.63) is 6.33 Å². The van der Waals surface area contributed by atoms with E-state index in [1.54, 1.807) is 13.4 Å². The van der Waals surface area contributed by atoms with Crippen molar-refractivity contribution in [1.82, 2.24) is 9.97 Å². The van der Waals surface area contributed by atoms with Crippen LogP contribution in [-0.2, 0) is 10.8 Å². The van der Waals surface area contributed by atoms with E-state index in [9.17, 15) is 4.21 Å². The van der Waals surface area contributed by atoms with Crippen LogP contribution in [0.1, 0.15) is 20.3 Å². The first-order valence-electron chi connectivity index (χ1n) is 6.29. The van der Waals surface area contributed by atoms with E-state index in [0.717, 1.165) is 13.0 Å². The van der Waals surface area contributed by atoms with Crippen LogP contribution in [0.25, 0.3) is 0 Å². The predicted octanol–water partition coefficient (Wildman–Crippen LogP) is 1.49. The SMILES string of the molecule is CCCNc1ncnc(NCC(C)S(C)=O)c1OC. The summed E-state index contributed by atoms with van der Waals surface area (Å²) in [6, 6.07) is 0. The summed E-state index contributed by atoms with van der Waals surface area (Å²) in [5, 5.41) is 6.39. The van der Waals surface area contributed by atoms with Crippen molar-refractivity contribution < 1.29 is 8.95 Å². The summed E-state index contributed by atoms with van der Waals surface area (Å²) in [4.78, 5) is 8.33. The Bertz CT molecular complexity index is 428. The summed E-state index contributed by atoms with van der Waals surface area (Å²) in [7, 11) is 0.721. The van der Waals surface area contributed by atoms with Gasteiger partial charge in [-0.05, 0) is 13.3 Å². The minimum atomic E-state index is -0.865. The lowest BCUT2D eigenvalue weighted by Crippen LogP contribution is -2.21. The summed E-state index contributed by atoms with van der Waals surface area (Å²) in [6.07, 6.45) is 4.18. The second kappa shape index (κ2) is 7.93. The van der Waals surface area contributed by atoms with Gasteiger partial charge in [0.05, 0.1) is 7.11 Å². The monoisotopic (exact) mass is 286 g/mol. The average Bonchev–Trinajstić information content (AvgIpc) is 2.41. The Balaban J connectivity index is 2.79. The third-order valence-electron chi connectivity index (χ3n) is 2.67.